The molecule has 1 aromatic rings. The van der Waals surface area contributed by atoms with Crippen LogP contribution in [0.4, 0.5) is 0 Å². The van der Waals surface area contributed by atoms with Gasteiger partial charge in [0, 0.05) is 24.5 Å². The Balaban J connectivity index is 1.44. The van der Waals surface area contributed by atoms with Crippen LogP contribution in [-0.2, 0) is 26.0 Å². The molecule has 1 amide bonds. The average molecular weight is 342 g/mol. The molecule has 4 rings (SSSR count). The third kappa shape index (κ3) is 2.19. The summed E-state index contributed by atoms with van der Waals surface area (Å²) in [6.45, 7) is 1.22. The second kappa shape index (κ2) is 5.01. The lowest BCUT2D eigenvalue weighted by atomic mass is 9.98. The van der Waals surface area contributed by atoms with Crippen molar-refractivity contribution in [2.75, 3.05) is 19.8 Å². The first-order valence-corrected chi connectivity index (χ1v) is 9.91. The summed E-state index contributed by atoms with van der Waals surface area (Å²) >= 11 is 1.57. The molecule has 120 valence electrons. The molecular weight excluding hydrogens is 324 g/mol. The maximum atomic E-state index is 12.5. The molecule has 3 fully saturated rings. The van der Waals surface area contributed by atoms with E-state index in [1.807, 2.05) is 5.38 Å². The van der Waals surface area contributed by atoms with Crippen molar-refractivity contribution in [1.29, 1.82) is 0 Å². The fourth-order valence-electron chi connectivity index (χ4n) is 3.14. The first kappa shape index (κ1) is 14.6. The smallest absolute Gasteiger partial charge is 0.245 e. The van der Waals surface area contributed by atoms with Crippen molar-refractivity contribution in [1.82, 2.24) is 9.29 Å². The molecule has 2 saturated heterocycles. The number of sulfonamides is 1. The number of ether oxygens (including phenoxy) is 1. The molecule has 1 spiro atoms. The molecule has 0 N–H and O–H groups in total. The maximum Gasteiger partial charge on any atom is 0.245 e. The summed E-state index contributed by atoms with van der Waals surface area (Å²) < 4.78 is 30.5. The van der Waals surface area contributed by atoms with Crippen molar-refractivity contribution in [2.45, 2.75) is 42.8 Å². The van der Waals surface area contributed by atoms with E-state index in [9.17, 15) is 13.2 Å². The van der Waals surface area contributed by atoms with Gasteiger partial charge in [0.25, 0.3) is 0 Å². The van der Waals surface area contributed by atoms with Crippen LogP contribution in [0.1, 0.15) is 42.3 Å². The van der Waals surface area contributed by atoms with Crippen molar-refractivity contribution in [3.63, 3.8) is 0 Å². The molecule has 3 heterocycles. The van der Waals surface area contributed by atoms with E-state index in [0.717, 1.165) is 9.31 Å². The van der Waals surface area contributed by atoms with Crippen molar-refractivity contribution in [2.24, 2.45) is 0 Å². The SMILES string of the molecule is O=C(Cc1csc(C2CC2)n1)N1CC2(CCOCC2)S1(=O)=O. The van der Waals surface area contributed by atoms with E-state index >= 15 is 0 Å². The van der Waals surface area contributed by atoms with Crippen LogP contribution < -0.4 is 0 Å². The molecule has 0 bridgehead atoms. The minimum absolute atomic E-state index is 0.0784. The fourth-order valence-corrected chi connectivity index (χ4v) is 6.11. The van der Waals surface area contributed by atoms with Crippen molar-refractivity contribution in [3.05, 3.63) is 16.1 Å². The van der Waals surface area contributed by atoms with Gasteiger partial charge in [-0.2, -0.15) is 0 Å². The molecule has 22 heavy (non-hydrogen) atoms. The summed E-state index contributed by atoms with van der Waals surface area (Å²) in [6, 6.07) is 0. The van der Waals surface area contributed by atoms with Gasteiger partial charge in [-0.05, 0) is 25.7 Å². The summed E-state index contributed by atoms with van der Waals surface area (Å²) in [7, 11) is -3.52. The van der Waals surface area contributed by atoms with Gasteiger partial charge in [0.05, 0.1) is 23.7 Å². The van der Waals surface area contributed by atoms with Gasteiger partial charge >= 0.3 is 0 Å². The Morgan fingerprint density at radius 1 is 1.41 bits per heavy atom. The lowest BCUT2D eigenvalue weighted by molar-refractivity contribution is -0.128. The van der Waals surface area contributed by atoms with Crippen LogP contribution in [0.2, 0.25) is 0 Å². The first-order chi connectivity index (χ1) is 10.5. The Morgan fingerprint density at radius 3 is 2.77 bits per heavy atom. The molecule has 1 saturated carbocycles. The molecule has 1 aromatic heterocycles. The van der Waals surface area contributed by atoms with Gasteiger partial charge in [-0.15, -0.1) is 11.3 Å². The zero-order valence-corrected chi connectivity index (χ0v) is 13.8. The van der Waals surface area contributed by atoms with Crippen LogP contribution >= 0.6 is 11.3 Å². The van der Waals surface area contributed by atoms with Crippen molar-refractivity contribution in [3.8, 4) is 0 Å². The minimum Gasteiger partial charge on any atom is -0.381 e. The number of aromatic nitrogens is 1. The van der Waals surface area contributed by atoms with E-state index in [0.29, 0.717) is 44.2 Å². The van der Waals surface area contributed by atoms with E-state index < -0.39 is 14.8 Å². The van der Waals surface area contributed by atoms with Crippen LogP contribution in [0.25, 0.3) is 0 Å². The highest BCUT2D eigenvalue weighted by atomic mass is 32.2. The van der Waals surface area contributed by atoms with E-state index in [2.05, 4.69) is 4.98 Å². The largest absolute Gasteiger partial charge is 0.381 e. The molecule has 8 heteroatoms. The molecule has 1 aliphatic carbocycles. The normalized spacial score (nSPS) is 25.9. The van der Waals surface area contributed by atoms with Crippen LogP contribution in [0.5, 0.6) is 0 Å². The van der Waals surface area contributed by atoms with E-state index in [1.54, 1.807) is 11.3 Å². The van der Waals surface area contributed by atoms with Crippen LogP contribution in [0.15, 0.2) is 5.38 Å². The van der Waals surface area contributed by atoms with Crippen LogP contribution in [0.3, 0.4) is 0 Å². The van der Waals surface area contributed by atoms with Crippen LogP contribution in [0, 0.1) is 0 Å². The van der Waals surface area contributed by atoms with E-state index in [-0.39, 0.29) is 12.3 Å². The Kier molecular flexibility index (Phi) is 3.32. The van der Waals surface area contributed by atoms with Gasteiger partial charge in [0.1, 0.15) is 4.75 Å². The number of hydrogen-bond acceptors (Lipinski definition) is 6. The summed E-state index contributed by atoms with van der Waals surface area (Å²) in [5, 5.41) is 2.96. The monoisotopic (exact) mass is 342 g/mol. The molecule has 0 aromatic carbocycles. The third-order valence-electron chi connectivity index (χ3n) is 4.78. The predicted octanol–water partition coefficient (Wildman–Crippen LogP) is 1.28. The van der Waals surface area contributed by atoms with E-state index in [4.69, 9.17) is 4.74 Å². The molecule has 0 unspecified atom stereocenters. The van der Waals surface area contributed by atoms with Crippen LogP contribution in [-0.4, -0.2) is 48.1 Å². The minimum atomic E-state index is -3.52. The van der Waals surface area contributed by atoms with Crippen molar-refractivity contribution < 1.29 is 17.9 Å². The second-order valence-corrected chi connectivity index (χ2v) is 9.48. The molecule has 2 aliphatic heterocycles. The van der Waals surface area contributed by atoms with Gasteiger partial charge in [-0.1, -0.05) is 0 Å². The van der Waals surface area contributed by atoms with Gasteiger partial charge in [0.2, 0.25) is 15.9 Å². The zero-order valence-electron chi connectivity index (χ0n) is 12.2. The number of carbonyl (C=O) groups excluding carboxylic acids is 1. The highest BCUT2D eigenvalue weighted by molar-refractivity contribution is 7.92. The quantitative estimate of drug-likeness (QED) is 0.827. The molecule has 6 nitrogen and oxygen atoms in total. The highest BCUT2D eigenvalue weighted by Gasteiger charge is 2.60. The van der Waals surface area contributed by atoms with Gasteiger partial charge < -0.3 is 4.74 Å². The molecule has 3 aliphatic rings. The summed E-state index contributed by atoms with van der Waals surface area (Å²) in [4.78, 5) is 16.8. The van der Waals surface area contributed by atoms with Gasteiger partial charge in [0.15, 0.2) is 0 Å². The Hall–Kier alpha value is -0.990. The second-order valence-electron chi connectivity index (χ2n) is 6.33. The Labute approximate surface area is 133 Å². The number of thiazole rings is 1. The van der Waals surface area contributed by atoms with Crippen molar-refractivity contribution >= 4 is 27.3 Å². The lowest BCUT2D eigenvalue weighted by Gasteiger charge is -2.50. The number of amides is 1. The number of nitrogens with zero attached hydrogens (tertiary/aromatic N) is 2. The third-order valence-corrected chi connectivity index (χ3v) is 8.38. The summed E-state index contributed by atoms with van der Waals surface area (Å²) in [5.74, 6) is 0.205. The van der Waals surface area contributed by atoms with Gasteiger partial charge in [-0.3, -0.25) is 4.79 Å². The fraction of sp³-hybridized carbons (Fsp3) is 0.714. The number of rotatable bonds is 3. The standard InChI is InChI=1S/C14H18N2O4S2/c17-12(7-11-8-21-13(15-11)10-1-2-10)16-9-14(22(16,18)19)3-5-20-6-4-14/h8,10H,1-7,9H2. The van der Waals surface area contributed by atoms with E-state index in [1.165, 1.54) is 12.8 Å². The molecular formula is C14H18N2O4S2. The van der Waals surface area contributed by atoms with Gasteiger partial charge in [-0.25, -0.2) is 17.7 Å². The average Bonchev–Trinajstić information content (AvgIpc) is 3.26. The first-order valence-electron chi connectivity index (χ1n) is 7.59. The zero-order chi connectivity index (χ0) is 15.4. The maximum absolute atomic E-state index is 12.5. The lowest BCUT2D eigenvalue weighted by Crippen LogP contribution is -2.69. The Bertz CT molecular complexity index is 702. The number of hydrogen-bond donors (Lipinski definition) is 0. The number of carbonyl (C=O) groups is 1. The summed E-state index contributed by atoms with van der Waals surface area (Å²) in [6.07, 6.45) is 3.40. The summed E-state index contributed by atoms with van der Waals surface area (Å²) in [5.41, 5.74) is 0.694. The predicted molar refractivity (Wildman–Crippen MR) is 81.2 cm³/mol. The molecule has 0 radical (unpaired) electrons. The molecule has 0 atom stereocenters. The Morgan fingerprint density at radius 2 is 2.14 bits per heavy atom. The highest BCUT2D eigenvalue weighted by Crippen LogP contribution is 2.43. The topological polar surface area (TPSA) is 76.6 Å².